The lowest BCUT2D eigenvalue weighted by atomic mass is 9.55. The van der Waals surface area contributed by atoms with Crippen LogP contribution in [0.3, 0.4) is 0 Å². The first-order valence-electron chi connectivity index (χ1n) is 20.4. The highest BCUT2D eigenvalue weighted by Crippen LogP contribution is 2.57. The molecule has 0 aliphatic heterocycles. The molecule has 1 aromatic heterocycles. The Kier molecular flexibility index (Phi) is 7.03. The van der Waals surface area contributed by atoms with E-state index in [1.807, 2.05) is 0 Å². The third-order valence-electron chi connectivity index (χ3n) is 14.1. The third kappa shape index (κ3) is 4.59. The number of hydrogen-bond acceptors (Lipinski definition) is 1. The van der Waals surface area contributed by atoms with Crippen molar-refractivity contribution >= 4 is 49.6 Å². The first kappa shape index (κ1) is 33.9. The Balaban J connectivity index is 1.22. The van der Waals surface area contributed by atoms with E-state index in [4.69, 9.17) is 0 Å². The molecule has 0 atom stereocenters. The molecule has 0 radical (unpaired) electrons. The number of anilines is 3. The zero-order chi connectivity index (χ0) is 38.8. The summed E-state index contributed by atoms with van der Waals surface area (Å²) < 4.78 is 2.47. The minimum absolute atomic E-state index is 0.0774. The standard InChI is InChI=1S/C55H46N2/c1-53(2)46-32-27-35-17-10-11-20-39(35)51(46)44-31-29-37(33-47(44)53)56(38-28-30-41-40-21-12-14-24-45(40)54(3,4)55(5,6)48(41)34-38)50-26-16-23-43-42-22-13-15-25-49(42)57(52(43)50)36-18-8-7-9-19-36/h7-34H,1-6H3. The van der Waals surface area contributed by atoms with Gasteiger partial charge in [-0.2, -0.15) is 0 Å². The second kappa shape index (κ2) is 11.8. The fourth-order valence-corrected chi connectivity index (χ4v) is 10.4. The fourth-order valence-electron chi connectivity index (χ4n) is 10.4. The van der Waals surface area contributed by atoms with Gasteiger partial charge in [0.2, 0.25) is 0 Å². The number of benzene rings is 8. The third-order valence-corrected chi connectivity index (χ3v) is 14.1. The Morgan fingerprint density at radius 3 is 1.84 bits per heavy atom. The molecular formula is C55H46N2. The molecule has 8 aromatic carbocycles. The summed E-state index contributed by atoms with van der Waals surface area (Å²) in [6.45, 7) is 14.5. The number of nitrogens with zero attached hydrogens (tertiary/aromatic N) is 2. The number of fused-ring (bicyclic) bond motifs is 11. The Hall–Kier alpha value is -6.38. The Labute approximate surface area is 335 Å². The first-order valence-corrected chi connectivity index (χ1v) is 20.4. The van der Waals surface area contributed by atoms with E-state index >= 15 is 0 Å². The lowest BCUT2D eigenvalue weighted by Crippen LogP contribution is -2.43. The smallest absolute Gasteiger partial charge is 0.0782 e. The summed E-state index contributed by atoms with van der Waals surface area (Å²) in [5.41, 5.74) is 17.5. The molecule has 0 bridgehead atoms. The maximum Gasteiger partial charge on any atom is 0.0782 e. The summed E-state index contributed by atoms with van der Waals surface area (Å²) in [7, 11) is 0. The van der Waals surface area contributed by atoms with E-state index in [0.29, 0.717) is 0 Å². The highest BCUT2D eigenvalue weighted by Gasteiger charge is 2.46. The van der Waals surface area contributed by atoms with Gasteiger partial charge in [0.1, 0.15) is 0 Å². The first-order chi connectivity index (χ1) is 27.6. The van der Waals surface area contributed by atoms with Crippen LogP contribution in [0.4, 0.5) is 17.1 Å². The SMILES string of the molecule is CC1(C)c2cc(N(c3ccc4c(c3)C(C)(C)C(C)(C)c3ccccc3-4)c3cccc4c5ccccc5n(-c5ccccc5)c34)ccc2-c2c1ccc1ccccc21. The van der Waals surface area contributed by atoms with E-state index in [-0.39, 0.29) is 16.2 Å². The van der Waals surface area contributed by atoms with Crippen molar-refractivity contribution < 1.29 is 0 Å². The summed E-state index contributed by atoms with van der Waals surface area (Å²) in [5.74, 6) is 0. The average molecular weight is 735 g/mol. The van der Waals surface area contributed by atoms with Crippen LogP contribution in [0.1, 0.15) is 63.8 Å². The number of aromatic nitrogens is 1. The van der Waals surface area contributed by atoms with E-state index in [1.54, 1.807) is 0 Å². The zero-order valence-corrected chi connectivity index (χ0v) is 33.6. The number of rotatable bonds is 4. The van der Waals surface area contributed by atoms with E-state index in [0.717, 1.165) is 22.7 Å². The van der Waals surface area contributed by atoms with Crippen LogP contribution >= 0.6 is 0 Å². The molecule has 0 unspecified atom stereocenters. The van der Waals surface area contributed by atoms with Gasteiger partial charge in [0, 0.05) is 33.2 Å². The van der Waals surface area contributed by atoms with Crippen LogP contribution in [0.25, 0.3) is 60.5 Å². The monoisotopic (exact) mass is 734 g/mol. The molecule has 0 spiro atoms. The summed E-state index contributed by atoms with van der Waals surface area (Å²) >= 11 is 0. The van der Waals surface area contributed by atoms with E-state index in [2.05, 4.69) is 221 Å². The average Bonchev–Trinajstić information content (AvgIpc) is 3.69. The Morgan fingerprint density at radius 2 is 1.04 bits per heavy atom. The molecule has 2 heteroatoms. The summed E-state index contributed by atoms with van der Waals surface area (Å²) in [6, 6.07) is 63.6. The van der Waals surface area contributed by atoms with Crippen molar-refractivity contribution in [1.29, 1.82) is 0 Å². The van der Waals surface area contributed by atoms with E-state index < -0.39 is 0 Å². The van der Waals surface area contributed by atoms with Crippen LogP contribution in [-0.4, -0.2) is 4.57 Å². The second-order valence-electron chi connectivity index (χ2n) is 17.8. The van der Waals surface area contributed by atoms with Gasteiger partial charge in [-0.15, -0.1) is 0 Å². The van der Waals surface area contributed by atoms with Crippen LogP contribution < -0.4 is 4.90 Å². The minimum Gasteiger partial charge on any atom is -0.308 e. The fraction of sp³-hybridized carbons (Fsp3) is 0.164. The van der Waals surface area contributed by atoms with Crippen molar-refractivity contribution in [2.24, 2.45) is 0 Å². The lowest BCUT2D eigenvalue weighted by Gasteiger charge is -2.48. The van der Waals surface area contributed by atoms with Gasteiger partial charge < -0.3 is 9.47 Å². The maximum absolute atomic E-state index is 2.54. The largest absolute Gasteiger partial charge is 0.308 e. The molecule has 0 fully saturated rings. The van der Waals surface area contributed by atoms with Crippen LogP contribution in [0, 0.1) is 0 Å². The van der Waals surface area contributed by atoms with Gasteiger partial charge in [-0.25, -0.2) is 0 Å². The molecule has 57 heavy (non-hydrogen) atoms. The lowest BCUT2D eigenvalue weighted by molar-refractivity contribution is 0.299. The van der Waals surface area contributed by atoms with Gasteiger partial charge >= 0.3 is 0 Å². The molecule has 9 aromatic rings. The van der Waals surface area contributed by atoms with Crippen LogP contribution in [-0.2, 0) is 16.2 Å². The van der Waals surface area contributed by atoms with Gasteiger partial charge in [-0.1, -0.05) is 163 Å². The molecule has 11 rings (SSSR count). The normalized spacial score (nSPS) is 15.6. The maximum atomic E-state index is 2.54. The molecule has 2 nitrogen and oxygen atoms in total. The van der Waals surface area contributed by atoms with E-state index in [9.17, 15) is 0 Å². The van der Waals surface area contributed by atoms with Crippen LogP contribution in [0.15, 0.2) is 170 Å². The van der Waals surface area contributed by atoms with Crippen molar-refractivity contribution in [1.82, 2.24) is 4.57 Å². The van der Waals surface area contributed by atoms with Crippen molar-refractivity contribution in [3.05, 3.63) is 192 Å². The van der Waals surface area contributed by atoms with Gasteiger partial charge in [-0.05, 0) is 115 Å². The summed E-state index contributed by atoms with van der Waals surface area (Å²) in [5, 5.41) is 5.10. The van der Waals surface area contributed by atoms with Gasteiger partial charge in [-0.3, -0.25) is 0 Å². The molecule has 2 aliphatic rings. The van der Waals surface area contributed by atoms with Crippen LogP contribution in [0.5, 0.6) is 0 Å². The molecular weight excluding hydrogens is 689 g/mol. The highest BCUT2D eigenvalue weighted by atomic mass is 15.2. The summed E-state index contributed by atoms with van der Waals surface area (Å²) in [4.78, 5) is 2.54. The Morgan fingerprint density at radius 1 is 0.421 bits per heavy atom. The van der Waals surface area contributed by atoms with Gasteiger partial charge in [0.25, 0.3) is 0 Å². The Bertz CT molecular complexity index is 3100. The van der Waals surface area contributed by atoms with Crippen molar-refractivity contribution in [2.75, 3.05) is 4.90 Å². The molecule has 2 aliphatic carbocycles. The van der Waals surface area contributed by atoms with Crippen molar-refractivity contribution in [3.63, 3.8) is 0 Å². The molecule has 0 saturated carbocycles. The quantitative estimate of drug-likeness (QED) is 0.175. The zero-order valence-electron chi connectivity index (χ0n) is 33.6. The minimum atomic E-state index is -0.174. The van der Waals surface area contributed by atoms with Gasteiger partial charge in [0.05, 0.1) is 16.7 Å². The predicted octanol–water partition coefficient (Wildman–Crippen LogP) is 14.9. The summed E-state index contributed by atoms with van der Waals surface area (Å²) in [6.07, 6.45) is 0. The van der Waals surface area contributed by atoms with Crippen LogP contribution in [0.2, 0.25) is 0 Å². The van der Waals surface area contributed by atoms with Crippen molar-refractivity contribution in [3.8, 4) is 27.9 Å². The van der Waals surface area contributed by atoms with E-state index in [1.165, 1.54) is 77.1 Å². The molecule has 1 heterocycles. The topological polar surface area (TPSA) is 8.17 Å². The molecule has 0 saturated heterocycles. The molecule has 0 amide bonds. The number of hydrogen-bond donors (Lipinski definition) is 0. The van der Waals surface area contributed by atoms with Gasteiger partial charge in [0.15, 0.2) is 0 Å². The van der Waals surface area contributed by atoms with Crippen molar-refractivity contribution in [2.45, 2.75) is 57.8 Å². The molecule has 276 valence electrons. The predicted molar refractivity (Wildman–Crippen MR) is 242 cm³/mol. The number of para-hydroxylation sites is 3. The highest BCUT2D eigenvalue weighted by molar-refractivity contribution is 6.14. The molecule has 0 N–H and O–H groups in total. The second-order valence-corrected chi connectivity index (χ2v) is 17.8.